The lowest BCUT2D eigenvalue weighted by molar-refractivity contribution is -0.150. The summed E-state index contributed by atoms with van der Waals surface area (Å²) in [5.74, 6) is 3.21. The molecule has 0 aromatic heterocycles. The van der Waals surface area contributed by atoms with Gasteiger partial charge in [-0.15, -0.1) is 0 Å². The average molecular weight is 291 g/mol. The second kappa shape index (κ2) is 4.97. The molecule has 1 amide bonds. The van der Waals surface area contributed by atoms with E-state index >= 15 is 0 Å². The van der Waals surface area contributed by atoms with Crippen LogP contribution in [0.25, 0.3) is 0 Å². The van der Waals surface area contributed by atoms with E-state index in [0.717, 1.165) is 37.3 Å². The summed E-state index contributed by atoms with van der Waals surface area (Å²) in [6, 6.07) is 0. The summed E-state index contributed by atoms with van der Waals surface area (Å²) < 4.78 is 5.77. The largest absolute Gasteiger partial charge is 0.372 e. The average Bonchev–Trinajstić information content (AvgIpc) is 2.35. The lowest BCUT2D eigenvalue weighted by Crippen LogP contribution is -2.52. The summed E-state index contributed by atoms with van der Waals surface area (Å²) in [6.07, 6.45) is 9.57. The van der Waals surface area contributed by atoms with Gasteiger partial charge in [-0.3, -0.25) is 4.79 Å². The first-order chi connectivity index (χ1) is 10.0. The van der Waals surface area contributed by atoms with Gasteiger partial charge in [-0.2, -0.15) is 0 Å². The molecule has 0 spiro atoms. The molecule has 5 rings (SSSR count). The summed E-state index contributed by atoms with van der Waals surface area (Å²) in [7, 11) is 0. The molecular formula is C18H29NO2. The smallest absolute Gasteiger partial charge is 0.223 e. The van der Waals surface area contributed by atoms with Gasteiger partial charge in [-0.1, -0.05) is 0 Å². The van der Waals surface area contributed by atoms with Crippen LogP contribution < -0.4 is 0 Å². The second-order valence-corrected chi connectivity index (χ2v) is 8.65. The van der Waals surface area contributed by atoms with E-state index in [9.17, 15) is 4.79 Å². The fourth-order valence-electron chi connectivity index (χ4n) is 6.32. The maximum Gasteiger partial charge on any atom is 0.223 e. The van der Waals surface area contributed by atoms with Gasteiger partial charge in [0, 0.05) is 19.5 Å². The van der Waals surface area contributed by atoms with Crippen molar-refractivity contribution in [1.82, 2.24) is 4.90 Å². The van der Waals surface area contributed by atoms with Gasteiger partial charge in [0.1, 0.15) is 0 Å². The van der Waals surface area contributed by atoms with Crippen LogP contribution in [0.5, 0.6) is 0 Å². The predicted molar refractivity (Wildman–Crippen MR) is 81.8 cm³/mol. The Morgan fingerprint density at radius 3 is 1.95 bits per heavy atom. The van der Waals surface area contributed by atoms with Crippen molar-refractivity contribution in [2.24, 2.45) is 23.2 Å². The van der Waals surface area contributed by atoms with E-state index in [2.05, 4.69) is 18.7 Å². The maximum atomic E-state index is 12.8. The van der Waals surface area contributed by atoms with Crippen molar-refractivity contribution < 1.29 is 9.53 Å². The Labute approximate surface area is 128 Å². The number of hydrogen-bond donors (Lipinski definition) is 0. The number of hydrogen-bond acceptors (Lipinski definition) is 2. The molecule has 118 valence electrons. The Balaban J connectivity index is 1.44. The van der Waals surface area contributed by atoms with Crippen molar-refractivity contribution >= 4 is 5.91 Å². The lowest BCUT2D eigenvalue weighted by Gasteiger charge is -2.57. The minimum Gasteiger partial charge on any atom is -0.372 e. The summed E-state index contributed by atoms with van der Waals surface area (Å²) in [4.78, 5) is 14.9. The quantitative estimate of drug-likeness (QED) is 0.782. The van der Waals surface area contributed by atoms with E-state index in [0.29, 0.717) is 11.3 Å². The van der Waals surface area contributed by atoms with Crippen molar-refractivity contribution in [3.63, 3.8) is 0 Å². The zero-order valence-electron chi connectivity index (χ0n) is 13.5. The predicted octanol–water partition coefficient (Wildman–Crippen LogP) is 3.23. The molecule has 0 N–H and O–H groups in total. The van der Waals surface area contributed by atoms with Gasteiger partial charge in [0.2, 0.25) is 5.91 Å². The third-order valence-corrected chi connectivity index (χ3v) is 6.46. The van der Waals surface area contributed by atoms with Gasteiger partial charge in [-0.25, -0.2) is 0 Å². The zero-order valence-corrected chi connectivity index (χ0v) is 13.5. The van der Waals surface area contributed by atoms with Gasteiger partial charge >= 0.3 is 0 Å². The van der Waals surface area contributed by atoms with E-state index in [-0.39, 0.29) is 12.2 Å². The molecule has 0 aromatic rings. The highest BCUT2D eigenvalue weighted by molar-refractivity contribution is 5.77. The minimum absolute atomic E-state index is 0.189. The number of morpholine rings is 1. The molecule has 1 heterocycles. The molecular weight excluding hydrogens is 262 g/mol. The summed E-state index contributed by atoms with van der Waals surface area (Å²) in [5, 5.41) is 0. The van der Waals surface area contributed by atoms with Crippen LogP contribution in [0.4, 0.5) is 0 Å². The highest BCUT2D eigenvalue weighted by Gasteiger charge is 2.51. The molecule has 4 aliphatic carbocycles. The fourth-order valence-corrected chi connectivity index (χ4v) is 6.32. The van der Waals surface area contributed by atoms with E-state index in [1.165, 1.54) is 38.5 Å². The fraction of sp³-hybridized carbons (Fsp3) is 0.944. The van der Waals surface area contributed by atoms with Gasteiger partial charge in [0.05, 0.1) is 12.2 Å². The SMILES string of the molecule is C[C@@H]1CN(C(=O)CC23CC4CC(CC(C4)C2)C3)C[C@H](C)O1. The molecule has 5 fully saturated rings. The summed E-state index contributed by atoms with van der Waals surface area (Å²) >= 11 is 0. The molecule has 0 aromatic carbocycles. The first-order valence-electron chi connectivity index (χ1n) is 8.94. The number of carbonyl (C=O) groups is 1. The molecule has 3 nitrogen and oxygen atoms in total. The molecule has 3 heteroatoms. The van der Waals surface area contributed by atoms with Crippen molar-refractivity contribution in [2.75, 3.05) is 13.1 Å². The van der Waals surface area contributed by atoms with Crippen LogP contribution in [-0.2, 0) is 9.53 Å². The highest BCUT2D eigenvalue weighted by atomic mass is 16.5. The number of carbonyl (C=O) groups excluding carboxylic acids is 1. The summed E-state index contributed by atoms with van der Waals surface area (Å²) in [5.41, 5.74) is 0.372. The van der Waals surface area contributed by atoms with Crippen molar-refractivity contribution in [1.29, 1.82) is 0 Å². The molecule has 4 bridgehead atoms. The van der Waals surface area contributed by atoms with Crippen molar-refractivity contribution in [3.8, 4) is 0 Å². The zero-order chi connectivity index (χ0) is 14.6. The molecule has 0 radical (unpaired) electrons. The van der Waals surface area contributed by atoms with E-state index in [1.54, 1.807) is 0 Å². The van der Waals surface area contributed by atoms with Crippen LogP contribution >= 0.6 is 0 Å². The Hall–Kier alpha value is -0.570. The number of ether oxygens (including phenoxy) is 1. The number of rotatable bonds is 2. The highest BCUT2D eigenvalue weighted by Crippen LogP contribution is 2.61. The van der Waals surface area contributed by atoms with Crippen LogP contribution in [-0.4, -0.2) is 36.1 Å². The van der Waals surface area contributed by atoms with Gasteiger partial charge in [-0.05, 0) is 75.5 Å². The van der Waals surface area contributed by atoms with Crippen molar-refractivity contribution in [3.05, 3.63) is 0 Å². The Kier molecular flexibility index (Phi) is 3.33. The van der Waals surface area contributed by atoms with E-state index in [4.69, 9.17) is 4.74 Å². The molecule has 2 atom stereocenters. The molecule has 4 saturated carbocycles. The van der Waals surface area contributed by atoms with Crippen LogP contribution in [0.1, 0.15) is 58.8 Å². The number of amides is 1. The third kappa shape index (κ3) is 2.62. The standard InChI is InChI=1S/C18H29NO2/c1-12-10-19(11-13(2)21-12)17(20)9-18-6-14-3-15(7-18)5-16(4-14)8-18/h12-16H,3-11H2,1-2H3/t12-,13+,14?,15?,16?,18?. The molecule has 5 aliphatic rings. The Morgan fingerprint density at radius 1 is 1.00 bits per heavy atom. The minimum atomic E-state index is 0.189. The molecule has 21 heavy (non-hydrogen) atoms. The monoisotopic (exact) mass is 291 g/mol. The van der Waals surface area contributed by atoms with Gasteiger partial charge in [0.25, 0.3) is 0 Å². The van der Waals surface area contributed by atoms with E-state index < -0.39 is 0 Å². The summed E-state index contributed by atoms with van der Waals surface area (Å²) in [6.45, 7) is 5.74. The molecule has 1 aliphatic heterocycles. The second-order valence-electron chi connectivity index (χ2n) is 8.65. The Morgan fingerprint density at radius 2 is 1.48 bits per heavy atom. The normalized spacial score (nSPS) is 48.7. The van der Waals surface area contributed by atoms with Crippen LogP contribution in [0.2, 0.25) is 0 Å². The molecule has 0 unspecified atom stereocenters. The third-order valence-electron chi connectivity index (χ3n) is 6.46. The van der Waals surface area contributed by atoms with Gasteiger partial charge < -0.3 is 9.64 Å². The van der Waals surface area contributed by atoms with Gasteiger partial charge in [0.15, 0.2) is 0 Å². The first-order valence-corrected chi connectivity index (χ1v) is 8.94. The number of nitrogens with zero attached hydrogens (tertiary/aromatic N) is 1. The topological polar surface area (TPSA) is 29.5 Å². The van der Waals surface area contributed by atoms with Crippen LogP contribution in [0, 0.1) is 23.2 Å². The first kappa shape index (κ1) is 14.0. The molecule has 1 saturated heterocycles. The maximum absolute atomic E-state index is 12.8. The van der Waals surface area contributed by atoms with Crippen LogP contribution in [0.3, 0.4) is 0 Å². The van der Waals surface area contributed by atoms with Crippen LogP contribution in [0.15, 0.2) is 0 Å². The lowest BCUT2D eigenvalue weighted by atomic mass is 9.49. The van der Waals surface area contributed by atoms with Crippen molar-refractivity contribution in [2.45, 2.75) is 71.0 Å². The van der Waals surface area contributed by atoms with E-state index in [1.807, 2.05) is 0 Å². The Bertz CT molecular complexity index is 388.